The molecule has 2 nitrogen and oxygen atoms in total. The number of benzene rings is 1. The van der Waals surface area contributed by atoms with E-state index in [2.05, 4.69) is 4.98 Å². The van der Waals surface area contributed by atoms with E-state index in [1.807, 2.05) is 6.07 Å². The van der Waals surface area contributed by atoms with Crippen LogP contribution >= 0.6 is 23.2 Å². The molecular weight excluding hydrogens is 233 g/mol. The van der Waals surface area contributed by atoms with Crippen LogP contribution in [0.5, 0.6) is 5.75 Å². The summed E-state index contributed by atoms with van der Waals surface area (Å²) in [6.07, 6.45) is 1.50. The molecule has 0 bridgehead atoms. The van der Waals surface area contributed by atoms with Crippen LogP contribution in [0, 0.1) is 0 Å². The van der Waals surface area contributed by atoms with Crippen molar-refractivity contribution in [1.82, 2.24) is 4.98 Å². The van der Waals surface area contributed by atoms with Crippen LogP contribution < -0.4 is 0 Å². The zero-order valence-electron chi connectivity index (χ0n) is 7.61. The van der Waals surface area contributed by atoms with Gasteiger partial charge in [0.25, 0.3) is 0 Å². The summed E-state index contributed by atoms with van der Waals surface area (Å²) in [4.78, 5) is 4.08. The van der Waals surface area contributed by atoms with E-state index in [0.717, 1.165) is 0 Å². The lowest BCUT2D eigenvalue weighted by atomic mass is 10.1. The van der Waals surface area contributed by atoms with Gasteiger partial charge in [-0.2, -0.15) is 0 Å². The van der Waals surface area contributed by atoms with Crippen LogP contribution in [0.4, 0.5) is 0 Å². The van der Waals surface area contributed by atoms with E-state index < -0.39 is 0 Å². The molecule has 0 saturated carbocycles. The number of aromatic nitrogens is 1. The standard InChI is InChI=1S/C11H7Cl2NO/c12-7-5-9(13)11(14-6-7)8-3-1-2-4-10(8)15/h1-6,15H. The molecule has 0 aliphatic heterocycles. The number of aromatic hydroxyl groups is 1. The van der Waals surface area contributed by atoms with Gasteiger partial charge in [-0.3, -0.25) is 4.98 Å². The van der Waals surface area contributed by atoms with Crippen molar-refractivity contribution in [2.45, 2.75) is 0 Å². The van der Waals surface area contributed by atoms with E-state index in [9.17, 15) is 5.11 Å². The Balaban J connectivity index is 2.60. The number of para-hydroxylation sites is 1. The summed E-state index contributed by atoms with van der Waals surface area (Å²) >= 11 is 11.7. The molecular formula is C11H7Cl2NO. The zero-order chi connectivity index (χ0) is 10.8. The second-order valence-corrected chi connectivity index (χ2v) is 3.84. The minimum Gasteiger partial charge on any atom is -0.507 e. The molecule has 0 spiro atoms. The molecule has 76 valence electrons. The van der Waals surface area contributed by atoms with Gasteiger partial charge < -0.3 is 5.11 Å². The van der Waals surface area contributed by atoms with Gasteiger partial charge in [0.05, 0.1) is 15.7 Å². The number of phenolic OH excluding ortho intramolecular Hbond substituents is 1. The van der Waals surface area contributed by atoms with Gasteiger partial charge in [-0.25, -0.2) is 0 Å². The first-order valence-corrected chi connectivity index (χ1v) is 5.03. The summed E-state index contributed by atoms with van der Waals surface area (Å²) in [7, 11) is 0. The first-order valence-electron chi connectivity index (χ1n) is 4.28. The minimum absolute atomic E-state index is 0.147. The maximum atomic E-state index is 9.63. The van der Waals surface area contributed by atoms with Gasteiger partial charge in [-0.1, -0.05) is 35.3 Å². The van der Waals surface area contributed by atoms with E-state index >= 15 is 0 Å². The number of hydrogen-bond acceptors (Lipinski definition) is 2. The number of hydrogen-bond donors (Lipinski definition) is 1. The van der Waals surface area contributed by atoms with E-state index in [0.29, 0.717) is 21.3 Å². The quantitative estimate of drug-likeness (QED) is 0.823. The normalized spacial score (nSPS) is 10.3. The van der Waals surface area contributed by atoms with Gasteiger partial charge in [0.1, 0.15) is 5.75 Å². The van der Waals surface area contributed by atoms with Crippen LogP contribution in [0.2, 0.25) is 10.0 Å². The highest BCUT2D eigenvalue weighted by atomic mass is 35.5. The number of rotatable bonds is 1. The number of halogens is 2. The summed E-state index contributed by atoms with van der Waals surface area (Å²) in [6, 6.07) is 8.47. The molecule has 1 heterocycles. The van der Waals surface area contributed by atoms with Crippen LogP contribution in [0.15, 0.2) is 36.5 Å². The molecule has 0 fully saturated rings. The predicted molar refractivity (Wildman–Crippen MR) is 61.4 cm³/mol. The molecule has 0 unspecified atom stereocenters. The molecule has 0 saturated heterocycles. The summed E-state index contributed by atoms with van der Waals surface area (Å²) in [5.74, 6) is 0.147. The molecule has 0 amide bonds. The van der Waals surface area contributed by atoms with Crippen molar-refractivity contribution in [1.29, 1.82) is 0 Å². The van der Waals surface area contributed by atoms with Gasteiger partial charge in [0.2, 0.25) is 0 Å². The van der Waals surface area contributed by atoms with Crippen molar-refractivity contribution in [2.24, 2.45) is 0 Å². The number of nitrogens with zero attached hydrogens (tertiary/aromatic N) is 1. The third kappa shape index (κ3) is 2.06. The fourth-order valence-electron chi connectivity index (χ4n) is 1.29. The topological polar surface area (TPSA) is 33.1 Å². The lowest BCUT2D eigenvalue weighted by Gasteiger charge is -2.05. The second-order valence-electron chi connectivity index (χ2n) is 3.00. The van der Waals surface area contributed by atoms with Gasteiger partial charge in [0, 0.05) is 11.8 Å². The molecule has 1 N–H and O–H groups in total. The highest BCUT2D eigenvalue weighted by molar-refractivity contribution is 6.36. The molecule has 15 heavy (non-hydrogen) atoms. The molecule has 4 heteroatoms. The fraction of sp³-hybridized carbons (Fsp3) is 0. The van der Waals surface area contributed by atoms with E-state index in [4.69, 9.17) is 23.2 Å². The first kappa shape index (κ1) is 10.3. The Kier molecular flexibility index (Phi) is 2.80. The first-order chi connectivity index (χ1) is 7.18. The summed E-state index contributed by atoms with van der Waals surface area (Å²) in [5.41, 5.74) is 1.12. The van der Waals surface area contributed by atoms with E-state index in [-0.39, 0.29) is 5.75 Å². The van der Waals surface area contributed by atoms with Crippen LogP contribution in [-0.4, -0.2) is 10.1 Å². The number of pyridine rings is 1. The van der Waals surface area contributed by atoms with Crippen LogP contribution in [0.25, 0.3) is 11.3 Å². The lowest BCUT2D eigenvalue weighted by Crippen LogP contribution is -1.85. The average molecular weight is 240 g/mol. The molecule has 0 radical (unpaired) electrons. The zero-order valence-corrected chi connectivity index (χ0v) is 9.13. The van der Waals surface area contributed by atoms with E-state index in [1.165, 1.54) is 6.20 Å². The van der Waals surface area contributed by atoms with Crippen molar-refractivity contribution in [3.63, 3.8) is 0 Å². The highest BCUT2D eigenvalue weighted by Crippen LogP contribution is 2.33. The van der Waals surface area contributed by atoms with Crippen LogP contribution in [0.1, 0.15) is 0 Å². The predicted octanol–water partition coefficient (Wildman–Crippen LogP) is 3.76. The summed E-state index contributed by atoms with van der Waals surface area (Å²) in [6.45, 7) is 0. The van der Waals surface area contributed by atoms with Crippen molar-refractivity contribution in [3.05, 3.63) is 46.6 Å². The van der Waals surface area contributed by atoms with Gasteiger partial charge in [0.15, 0.2) is 0 Å². The SMILES string of the molecule is Oc1ccccc1-c1ncc(Cl)cc1Cl. The largest absolute Gasteiger partial charge is 0.507 e. The van der Waals surface area contributed by atoms with Gasteiger partial charge in [-0.15, -0.1) is 0 Å². The third-order valence-electron chi connectivity index (χ3n) is 1.97. The molecule has 2 aromatic rings. The second kappa shape index (κ2) is 4.09. The minimum atomic E-state index is 0.147. The van der Waals surface area contributed by atoms with Crippen molar-refractivity contribution in [2.75, 3.05) is 0 Å². The maximum Gasteiger partial charge on any atom is 0.125 e. The van der Waals surface area contributed by atoms with Crippen LogP contribution in [0.3, 0.4) is 0 Å². The van der Waals surface area contributed by atoms with Crippen molar-refractivity contribution in [3.8, 4) is 17.0 Å². The van der Waals surface area contributed by atoms with Gasteiger partial charge in [-0.05, 0) is 18.2 Å². The molecule has 0 aliphatic rings. The maximum absolute atomic E-state index is 9.63. The summed E-state index contributed by atoms with van der Waals surface area (Å²) < 4.78 is 0. The Morgan fingerprint density at radius 2 is 1.87 bits per heavy atom. The molecule has 1 aromatic heterocycles. The Hall–Kier alpha value is -1.25. The Bertz CT molecular complexity index is 500. The van der Waals surface area contributed by atoms with Gasteiger partial charge >= 0.3 is 0 Å². The number of phenols is 1. The van der Waals surface area contributed by atoms with Crippen molar-refractivity contribution >= 4 is 23.2 Å². The molecule has 2 rings (SSSR count). The van der Waals surface area contributed by atoms with E-state index in [1.54, 1.807) is 24.3 Å². The highest BCUT2D eigenvalue weighted by Gasteiger charge is 2.09. The fourth-order valence-corrected chi connectivity index (χ4v) is 1.77. The Labute approximate surface area is 97.1 Å². The molecule has 1 aromatic carbocycles. The third-order valence-corrected chi connectivity index (χ3v) is 2.46. The Morgan fingerprint density at radius 3 is 2.53 bits per heavy atom. The van der Waals surface area contributed by atoms with Crippen molar-refractivity contribution < 1.29 is 5.11 Å². The Morgan fingerprint density at radius 1 is 1.13 bits per heavy atom. The summed E-state index contributed by atoms with van der Waals surface area (Å²) in [5, 5.41) is 10.5. The molecule has 0 atom stereocenters. The molecule has 0 aliphatic carbocycles. The average Bonchev–Trinajstić information content (AvgIpc) is 2.20. The lowest BCUT2D eigenvalue weighted by molar-refractivity contribution is 0.477. The monoisotopic (exact) mass is 239 g/mol. The smallest absolute Gasteiger partial charge is 0.125 e. The van der Waals surface area contributed by atoms with Crippen LogP contribution in [-0.2, 0) is 0 Å².